The molecule has 1 fully saturated rings. The summed E-state index contributed by atoms with van der Waals surface area (Å²) in [5.41, 5.74) is 6.05. The van der Waals surface area contributed by atoms with Crippen LogP contribution in [0.25, 0.3) is 0 Å². The minimum Gasteiger partial charge on any atom is -0.493 e. The number of nitrogens with zero attached hydrogens (tertiary/aromatic N) is 2. The van der Waals surface area contributed by atoms with Gasteiger partial charge < -0.3 is 34.2 Å². The second kappa shape index (κ2) is 21.0. The van der Waals surface area contributed by atoms with Crippen LogP contribution in [0.4, 0.5) is 4.79 Å². The molecule has 54 heavy (non-hydrogen) atoms. The number of benzene rings is 1. The van der Waals surface area contributed by atoms with Gasteiger partial charge in [-0.15, -0.1) is 0 Å². The van der Waals surface area contributed by atoms with Gasteiger partial charge in [-0.2, -0.15) is 0 Å². The Morgan fingerprint density at radius 2 is 1.72 bits per heavy atom. The molecule has 0 radical (unpaired) electrons. The zero-order valence-corrected chi connectivity index (χ0v) is 33.5. The van der Waals surface area contributed by atoms with E-state index >= 15 is 0 Å². The quantitative estimate of drug-likeness (QED) is 0.0782. The number of carbonyl (C=O) groups is 4. The highest BCUT2D eigenvalue weighted by atomic mass is 16.7. The topological polar surface area (TPSA) is 166 Å². The Labute approximate surface area is 320 Å². The number of Topliss-reactive ketones (excluding diaryl/α,β-unsaturated/α-hetero) is 1. The van der Waals surface area contributed by atoms with Crippen LogP contribution in [0.15, 0.2) is 42.7 Å². The maximum Gasteiger partial charge on any atom is 0.415 e. The standard InChI is InChI=1S/C41H61N3O10/c1-26(2)31(20-29-13-14-35(50-9)37(21-29)51-19-11-18-49-8)22-33-36(23-32(27(3)4)34(45)15-16-41(6,7)39(42)47)52-25-44(33)40(48)54-28(5)53-38(46)30-12-10-17-43-24-30/h10,12-14,17,21,24,26-28,31-33,36H,11,15-16,18-20,22-23,25H2,1-9H3,(H2,42,47)/t28?,31-,32-,33-,36-/m0/s1. The number of hydrogen-bond donors (Lipinski definition) is 1. The van der Waals surface area contributed by atoms with Crippen molar-refractivity contribution in [2.24, 2.45) is 34.8 Å². The number of rotatable bonds is 22. The molecule has 1 aromatic carbocycles. The summed E-state index contributed by atoms with van der Waals surface area (Å²) >= 11 is 0. The summed E-state index contributed by atoms with van der Waals surface area (Å²) in [4.78, 5) is 57.6. The number of nitrogens with two attached hydrogens (primary N) is 1. The second-order valence-corrected chi connectivity index (χ2v) is 15.4. The molecular weight excluding hydrogens is 694 g/mol. The summed E-state index contributed by atoms with van der Waals surface area (Å²) < 4.78 is 34.2. The number of amides is 2. The van der Waals surface area contributed by atoms with Crippen LogP contribution in [0.1, 0.15) is 96.5 Å². The smallest absolute Gasteiger partial charge is 0.415 e. The Morgan fingerprint density at radius 3 is 2.33 bits per heavy atom. The predicted octanol–water partition coefficient (Wildman–Crippen LogP) is 6.60. The zero-order valence-electron chi connectivity index (χ0n) is 33.5. The SMILES string of the molecule is COCCCOc1cc(C[C@@H](C[C@H]2[C@H](C[C@H](C(=O)CCC(C)(C)C(N)=O)C(C)C)OCN2C(=O)OC(C)OC(=O)c2cccnc2)C(C)C)ccc1OC. The van der Waals surface area contributed by atoms with Crippen LogP contribution in [-0.4, -0.2) is 86.2 Å². The van der Waals surface area contributed by atoms with Crippen LogP contribution < -0.4 is 15.2 Å². The van der Waals surface area contributed by atoms with E-state index in [4.69, 9.17) is 34.2 Å². The largest absolute Gasteiger partial charge is 0.493 e. The van der Waals surface area contributed by atoms with E-state index in [0.717, 1.165) is 12.0 Å². The van der Waals surface area contributed by atoms with Gasteiger partial charge in [-0.1, -0.05) is 47.6 Å². The maximum atomic E-state index is 13.8. The fraction of sp³-hybridized carbons (Fsp3) is 0.634. The van der Waals surface area contributed by atoms with Crippen molar-refractivity contribution in [3.8, 4) is 11.5 Å². The number of primary amides is 1. The lowest BCUT2D eigenvalue weighted by atomic mass is 9.78. The Bertz CT molecular complexity index is 1520. The molecule has 1 aliphatic heterocycles. The number of ketones is 1. The molecule has 300 valence electrons. The Balaban J connectivity index is 1.87. The van der Waals surface area contributed by atoms with E-state index in [9.17, 15) is 19.2 Å². The minimum absolute atomic E-state index is 0.0196. The second-order valence-electron chi connectivity index (χ2n) is 15.4. The molecule has 0 saturated carbocycles. The van der Waals surface area contributed by atoms with E-state index in [1.807, 2.05) is 32.0 Å². The molecule has 0 aliphatic carbocycles. The van der Waals surface area contributed by atoms with Gasteiger partial charge in [0, 0.05) is 57.2 Å². The van der Waals surface area contributed by atoms with Crippen LogP contribution in [0.5, 0.6) is 11.5 Å². The maximum absolute atomic E-state index is 13.8. The van der Waals surface area contributed by atoms with E-state index in [1.54, 1.807) is 46.4 Å². The molecular formula is C41H61N3O10. The number of pyridine rings is 1. The molecule has 2 amide bonds. The van der Waals surface area contributed by atoms with Crippen molar-refractivity contribution in [2.75, 3.05) is 34.2 Å². The number of carbonyl (C=O) groups excluding carboxylic acids is 4. The van der Waals surface area contributed by atoms with Crippen LogP contribution in [0.2, 0.25) is 0 Å². The number of esters is 1. The first-order chi connectivity index (χ1) is 25.6. The lowest BCUT2D eigenvalue weighted by Crippen LogP contribution is -2.44. The molecule has 5 atom stereocenters. The first-order valence-electron chi connectivity index (χ1n) is 18.9. The van der Waals surface area contributed by atoms with Crippen molar-refractivity contribution in [1.29, 1.82) is 0 Å². The summed E-state index contributed by atoms with van der Waals surface area (Å²) in [7, 11) is 3.26. The van der Waals surface area contributed by atoms with Crippen LogP contribution in [-0.2, 0) is 35.0 Å². The Kier molecular flexibility index (Phi) is 17.2. The number of ether oxygens (including phenoxy) is 6. The summed E-state index contributed by atoms with van der Waals surface area (Å²) in [6.07, 6.45) is 3.42. The van der Waals surface area contributed by atoms with Crippen LogP contribution >= 0.6 is 0 Å². The van der Waals surface area contributed by atoms with Gasteiger partial charge in [-0.3, -0.25) is 19.5 Å². The zero-order chi connectivity index (χ0) is 40.0. The van der Waals surface area contributed by atoms with Gasteiger partial charge >= 0.3 is 12.1 Å². The van der Waals surface area contributed by atoms with Gasteiger partial charge in [-0.05, 0) is 73.3 Å². The molecule has 2 heterocycles. The molecule has 2 aromatic rings. The first kappa shape index (κ1) is 44.2. The third-order valence-corrected chi connectivity index (χ3v) is 10.3. The number of methoxy groups -OCH3 is 2. The van der Waals surface area contributed by atoms with Crippen molar-refractivity contribution < 1.29 is 47.6 Å². The summed E-state index contributed by atoms with van der Waals surface area (Å²) in [5.74, 6) is 0.0643. The van der Waals surface area contributed by atoms with Gasteiger partial charge in [0.2, 0.25) is 12.2 Å². The lowest BCUT2D eigenvalue weighted by molar-refractivity contribution is -0.129. The molecule has 3 rings (SSSR count). The third-order valence-electron chi connectivity index (χ3n) is 10.3. The lowest BCUT2D eigenvalue weighted by Gasteiger charge is -2.33. The Hall–Kier alpha value is -4.23. The molecule has 0 bridgehead atoms. The predicted molar refractivity (Wildman–Crippen MR) is 203 cm³/mol. The highest BCUT2D eigenvalue weighted by Gasteiger charge is 2.43. The highest BCUT2D eigenvalue weighted by molar-refractivity contribution is 5.89. The van der Waals surface area contributed by atoms with Crippen molar-refractivity contribution in [2.45, 2.75) is 105 Å². The van der Waals surface area contributed by atoms with Crippen molar-refractivity contribution in [1.82, 2.24) is 9.88 Å². The molecule has 1 aromatic heterocycles. The van der Waals surface area contributed by atoms with E-state index in [2.05, 4.69) is 18.8 Å². The van der Waals surface area contributed by atoms with E-state index in [0.29, 0.717) is 50.4 Å². The average Bonchev–Trinajstić information content (AvgIpc) is 3.53. The molecule has 1 unspecified atom stereocenters. The minimum atomic E-state index is -1.19. The Morgan fingerprint density at radius 1 is 0.981 bits per heavy atom. The van der Waals surface area contributed by atoms with Crippen molar-refractivity contribution in [3.63, 3.8) is 0 Å². The van der Waals surface area contributed by atoms with Crippen LogP contribution in [0, 0.1) is 29.1 Å². The molecule has 2 N–H and O–H groups in total. The fourth-order valence-electron chi connectivity index (χ4n) is 6.53. The highest BCUT2D eigenvalue weighted by Crippen LogP contribution is 2.36. The van der Waals surface area contributed by atoms with E-state index in [1.165, 1.54) is 18.0 Å². The fourth-order valence-corrected chi connectivity index (χ4v) is 6.53. The average molecular weight is 756 g/mol. The van der Waals surface area contributed by atoms with E-state index < -0.39 is 41.8 Å². The number of aromatic nitrogens is 1. The summed E-state index contributed by atoms with van der Waals surface area (Å²) in [5, 5.41) is 0. The van der Waals surface area contributed by atoms with Crippen LogP contribution in [0.3, 0.4) is 0 Å². The molecule has 1 aliphatic rings. The van der Waals surface area contributed by atoms with Crippen molar-refractivity contribution in [3.05, 3.63) is 53.9 Å². The van der Waals surface area contributed by atoms with Crippen molar-refractivity contribution >= 4 is 23.8 Å². The van der Waals surface area contributed by atoms with Gasteiger partial charge in [0.1, 0.15) is 12.5 Å². The van der Waals surface area contributed by atoms with Gasteiger partial charge in [-0.25, -0.2) is 9.59 Å². The summed E-state index contributed by atoms with van der Waals surface area (Å²) in [6.45, 7) is 14.2. The normalized spacial score (nSPS) is 17.6. The van der Waals surface area contributed by atoms with Gasteiger partial charge in [0.25, 0.3) is 0 Å². The van der Waals surface area contributed by atoms with Gasteiger partial charge in [0.15, 0.2) is 11.5 Å². The monoisotopic (exact) mass is 755 g/mol. The first-order valence-corrected chi connectivity index (χ1v) is 18.9. The summed E-state index contributed by atoms with van der Waals surface area (Å²) in [6, 6.07) is 8.63. The molecule has 0 spiro atoms. The third kappa shape index (κ3) is 13.0. The van der Waals surface area contributed by atoms with E-state index in [-0.39, 0.29) is 48.2 Å². The molecule has 13 heteroatoms. The number of hydrogen-bond acceptors (Lipinski definition) is 11. The van der Waals surface area contributed by atoms with Gasteiger partial charge in [0.05, 0.1) is 31.4 Å². The molecule has 1 saturated heterocycles. The molecule has 13 nitrogen and oxygen atoms in total.